The molecule has 7 nitrogen and oxygen atoms in total. The first kappa shape index (κ1) is 25.4. The number of amides is 1. The van der Waals surface area contributed by atoms with Gasteiger partial charge in [-0.1, -0.05) is 48.0 Å². The maximum absolute atomic E-state index is 12.8. The summed E-state index contributed by atoms with van der Waals surface area (Å²) in [6, 6.07) is 25.3. The Bertz CT molecular complexity index is 1540. The van der Waals surface area contributed by atoms with Crippen LogP contribution in [0.2, 0.25) is 5.02 Å². The predicted molar refractivity (Wildman–Crippen MR) is 155 cm³/mol. The lowest BCUT2D eigenvalue weighted by Crippen LogP contribution is -2.38. The molecule has 2 aliphatic heterocycles. The molecule has 9 heteroatoms. The molecule has 3 aromatic carbocycles. The summed E-state index contributed by atoms with van der Waals surface area (Å²) in [5, 5.41) is 6.30. The van der Waals surface area contributed by atoms with E-state index in [1.165, 1.54) is 11.8 Å². The Labute approximate surface area is 235 Å². The van der Waals surface area contributed by atoms with Crippen molar-refractivity contribution in [3.63, 3.8) is 0 Å². The smallest absolute Gasteiger partial charge is 0.286 e. The summed E-state index contributed by atoms with van der Waals surface area (Å²) in [5.74, 6) is 0.495. The summed E-state index contributed by atoms with van der Waals surface area (Å²) >= 11 is 7.66. The highest BCUT2D eigenvalue weighted by atomic mass is 35.5. The molecular weight excluding hydrogens is 532 g/mol. The number of aromatic nitrogens is 2. The first-order chi connectivity index (χ1) is 19.1. The maximum Gasteiger partial charge on any atom is 0.286 e. The predicted octanol–water partition coefficient (Wildman–Crippen LogP) is 6.07. The number of carbonyl (C=O) groups excluding carboxylic acids is 1. The molecular formula is C30H25ClN4O3S. The van der Waals surface area contributed by atoms with E-state index >= 15 is 0 Å². The molecule has 0 unspecified atom stereocenters. The van der Waals surface area contributed by atoms with Crippen LogP contribution in [0.5, 0.6) is 5.75 Å². The number of rotatable bonds is 6. The molecule has 6 rings (SSSR count). The fraction of sp³-hybridized carbons (Fsp3) is 0.167. The summed E-state index contributed by atoms with van der Waals surface area (Å²) < 4.78 is 13.2. The van der Waals surface area contributed by atoms with Crippen molar-refractivity contribution >= 4 is 40.5 Å². The van der Waals surface area contributed by atoms with Crippen LogP contribution in [0.4, 0.5) is 0 Å². The third-order valence-corrected chi connectivity index (χ3v) is 7.83. The highest BCUT2D eigenvalue weighted by Crippen LogP contribution is 2.34. The lowest BCUT2D eigenvalue weighted by molar-refractivity contribution is -0.113. The number of aliphatic imine (C=N–C) groups is 1. The van der Waals surface area contributed by atoms with Crippen LogP contribution in [0.25, 0.3) is 23.0 Å². The highest BCUT2D eigenvalue weighted by Gasteiger charge is 2.28. The van der Waals surface area contributed by atoms with Crippen LogP contribution in [0.1, 0.15) is 11.1 Å². The van der Waals surface area contributed by atoms with Gasteiger partial charge in [0.25, 0.3) is 5.91 Å². The van der Waals surface area contributed by atoms with Gasteiger partial charge < -0.3 is 14.4 Å². The molecule has 1 aromatic heterocycles. The molecule has 1 fully saturated rings. The van der Waals surface area contributed by atoms with Gasteiger partial charge in [0, 0.05) is 41.0 Å². The van der Waals surface area contributed by atoms with Crippen molar-refractivity contribution in [1.29, 1.82) is 0 Å². The van der Waals surface area contributed by atoms with E-state index in [2.05, 4.69) is 9.89 Å². The quantitative estimate of drug-likeness (QED) is 0.268. The zero-order valence-electron chi connectivity index (χ0n) is 21.0. The number of para-hydroxylation sites is 1. The van der Waals surface area contributed by atoms with Crippen molar-refractivity contribution < 1.29 is 14.3 Å². The molecule has 0 saturated carbocycles. The lowest BCUT2D eigenvalue weighted by atomic mass is 10.1. The van der Waals surface area contributed by atoms with Gasteiger partial charge >= 0.3 is 0 Å². The summed E-state index contributed by atoms with van der Waals surface area (Å²) in [7, 11) is 0. The molecule has 0 radical (unpaired) electrons. The number of benzene rings is 3. The van der Waals surface area contributed by atoms with Crippen LogP contribution >= 0.6 is 23.4 Å². The van der Waals surface area contributed by atoms with Crippen LogP contribution in [0.3, 0.4) is 0 Å². The zero-order chi connectivity index (χ0) is 26.6. The topological polar surface area (TPSA) is 69.0 Å². The van der Waals surface area contributed by atoms with Crippen molar-refractivity contribution in [3.05, 3.63) is 106 Å². The highest BCUT2D eigenvalue weighted by molar-refractivity contribution is 8.18. The Morgan fingerprint density at radius 2 is 1.72 bits per heavy atom. The van der Waals surface area contributed by atoms with E-state index in [0.29, 0.717) is 29.7 Å². The minimum absolute atomic E-state index is 0.233. The van der Waals surface area contributed by atoms with Gasteiger partial charge in [0.15, 0.2) is 5.17 Å². The number of hydrogen-bond donors (Lipinski definition) is 0. The Balaban J connectivity index is 1.27. The second-order valence-corrected chi connectivity index (χ2v) is 10.4. The van der Waals surface area contributed by atoms with Crippen molar-refractivity contribution in [2.24, 2.45) is 4.99 Å². The normalized spacial score (nSPS) is 16.5. The monoisotopic (exact) mass is 556 g/mol. The van der Waals surface area contributed by atoms with Gasteiger partial charge in [0.1, 0.15) is 12.4 Å². The van der Waals surface area contributed by atoms with Crippen molar-refractivity contribution in [1.82, 2.24) is 14.7 Å². The second kappa shape index (κ2) is 11.5. The molecule has 1 saturated heterocycles. The molecule has 0 N–H and O–H groups in total. The number of hydrogen-bond acceptors (Lipinski definition) is 6. The Kier molecular flexibility index (Phi) is 7.49. The molecule has 0 atom stereocenters. The van der Waals surface area contributed by atoms with Gasteiger partial charge in [0.05, 0.1) is 29.5 Å². The van der Waals surface area contributed by atoms with Gasteiger partial charge in [-0.2, -0.15) is 10.1 Å². The number of carbonyl (C=O) groups is 1. The van der Waals surface area contributed by atoms with Crippen molar-refractivity contribution in [3.8, 4) is 22.7 Å². The number of thioether (sulfide) groups is 1. The van der Waals surface area contributed by atoms with Gasteiger partial charge in [-0.15, -0.1) is 0 Å². The zero-order valence-corrected chi connectivity index (χ0v) is 22.6. The fourth-order valence-electron chi connectivity index (χ4n) is 4.34. The Hall–Kier alpha value is -3.85. The average Bonchev–Trinajstić information content (AvgIpc) is 3.57. The molecule has 0 aliphatic carbocycles. The molecule has 1 amide bonds. The van der Waals surface area contributed by atoms with Crippen LogP contribution in [-0.2, 0) is 16.1 Å². The summed E-state index contributed by atoms with van der Waals surface area (Å²) in [5.41, 5.74) is 4.36. The van der Waals surface area contributed by atoms with Gasteiger partial charge in [0.2, 0.25) is 0 Å². The molecule has 2 aliphatic rings. The van der Waals surface area contributed by atoms with E-state index in [1.807, 2.05) is 95.8 Å². The van der Waals surface area contributed by atoms with Crippen LogP contribution < -0.4 is 4.74 Å². The number of ether oxygens (including phenoxy) is 2. The largest absolute Gasteiger partial charge is 0.489 e. The van der Waals surface area contributed by atoms with Crippen LogP contribution in [-0.4, -0.2) is 52.1 Å². The number of halogens is 1. The number of nitrogens with zero attached hydrogens (tertiary/aromatic N) is 4. The summed E-state index contributed by atoms with van der Waals surface area (Å²) in [4.78, 5) is 19.8. The SMILES string of the molecule is O=C1N=C(N2CCOCC2)SC1=Cc1cn(-c2ccccc2)nc1-c1ccc(OCc2ccccc2Cl)cc1. The van der Waals surface area contributed by atoms with E-state index < -0.39 is 0 Å². The number of morpholine rings is 1. The molecule has 3 heterocycles. The molecule has 196 valence electrons. The first-order valence-corrected chi connectivity index (χ1v) is 13.8. The first-order valence-electron chi connectivity index (χ1n) is 12.6. The standard InChI is InChI=1S/C30H25ClN4O3S/c31-26-9-5-4-6-22(26)20-38-25-12-10-21(11-13-25)28-23(19-35(33-28)24-7-2-1-3-8-24)18-27-29(36)32-30(39-27)34-14-16-37-17-15-34/h1-13,18-19H,14-17,20H2. The van der Waals surface area contributed by atoms with Crippen molar-refractivity contribution in [2.75, 3.05) is 26.3 Å². The fourth-order valence-corrected chi connectivity index (χ4v) is 5.49. The van der Waals surface area contributed by atoms with Crippen LogP contribution in [0, 0.1) is 0 Å². The summed E-state index contributed by atoms with van der Waals surface area (Å²) in [6.07, 6.45) is 3.83. The van der Waals surface area contributed by atoms with E-state index in [0.717, 1.165) is 52.1 Å². The van der Waals surface area contributed by atoms with E-state index in [4.69, 9.17) is 26.2 Å². The van der Waals surface area contributed by atoms with Gasteiger partial charge in [-0.25, -0.2) is 4.68 Å². The van der Waals surface area contributed by atoms with E-state index in [1.54, 1.807) is 0 Å². The third-order valence-electron chi connectivity index (χ3n) is 6.42. The van der Waals surface area contributed by atoms with E-state index in [9.17, 15) is 4.79 Å². The van der Waals surface area contributed by atoms with Crippen LogP contribution in [0.15, 0.2) is 95.0 Å². The third kappa shape index (κ3) is 5.78. The average molecular weight is 557 g/mol. The van der Waals surface area contributed by atoms with Gasteiger partial charge in [-0.05, 0) is 60.3 Å². The Morgan fingerprint density at radius 3 is 2.49 bits per heavy atom. The minimum atomic E-state index is -0.233. The lowest BCUT2D eigenvalue weighted by Gasteiger charge is -2.27. The van der Waals surface area contributed by atoms with Crippen molar-refractivity contribution in [2.45, 2.75) is 6.61 Å². The Morgan fingerprint density at radius 1 is 0.974 bits per heavy atom. The van der Waals surface area contributed by atoms with E-state index in [-0.39, 0.29) is 5.91 Å². The molecule has 39 heavy (non-hydrogen) atoms. The molecule has 4 aromatic rings. The second-order valence-electron chi connectivity index (χ2n) is 9.03. The summed E-state index contributed by atoms with van der Waals surface area (Å²) in [6.45, 7) is 3.12. The maximum atomic E-state index is 12.8. The molecule has 0 spiro atoms. The molecule has 0 bridgehead atoms. The number of amidine groups is 1. The van der Waals surface area contributed by atoms with Gasteiger partial charge in [-0.3, -0.25) is 4.79 Å². The minimum Gasteiger partial charge on any atom is -0.489 e.